The molecule has 4 rings (SSSR count). The van der Waals surface area contributed by atoms with E-state index in [1.807, 2.05) is 30.3 Å². The van der Waals surface area contributed by atoms with E-state index in [4.69, 9.17) is 21.1 Å². The number of benzene rings is 4. The summed E-state index contributed by atoms with van der Waals surface area (Å²) in [6.07, 6.45) is 0.913. The number of ether oxygens (including phenoxy) is 2. The minimum absolute atomic E-state index is 0.472. The zero-order valence-electron chi connectivity index (χ0n) is 19.4. The van der Waals surface area contributed by atoms with Gasteiger partial charge in [-0.2, -0.15) is 0 Å². The Balaban J connectivity index is 1.67. The van der Waals surface area contributed by atoms with Crippen LogP contribution in [-0.4, -0.2) is 12.5 Å². The standard InChI is InChI=1S/C31H29ClO2/c1-2-30(25-11-7-4-8-12-25)31(26-13-17-28(18-14-26)33-22-21-32)27-15-19-29(20-16-27)34-23-24-9-5-3-6-10-24/h3-20H,2,21-23H2,1H3/b31-30+. The van der Waals surface area contributed by atoms with E-state index in [1.54, 1.807) is 0 Å². The Kier molecular flexibility index (Phi) is 8.43. The molecule has 34 heavy (non-hydrogen) atoms. The lowest BCUT2D eigenvalue weighted by Gasteiger charge is -2.17. The second-order valence-corrected chi connectivity index (χ2v) is 8.31. The lowest BCUT2D eigenvalue weighted by Crippen LogP contribution is -1.99. The predicted octanol–water partition coefficient (Wildman–Crippen LogP) is 8.25. The van der Waals surface area contributed by atoms with Crippen LogP contribution in [0.5, 0.6) is 11.5 Å². The average molecular weight is 469 g/mol. The maximum absolute atomic E-state index is 6.01. The fraction of sp³-hybridized carbons (Fsp3) is 0.161. The zero-order chi connectivity index (χ0) is 23.6. The molecular formula is C31H29ClO2. The Morgan fingerprint density at radius 1 is 0.618 bits per heavy atom. The summed E-state index contributed by atoms with van der Waals surface area (Å²) in [7, 11) is 0. The molecule has 2 nitrogen and oxygen atoms in total. The quantitative estimate of drug-likeness (QED) is 0.172. The van der Waals surface area contributed by atoms with Crippen molar-refractivity contribution >= 4 is 22.7 Å². The molecule has 0 aliphatic carbocycles. The number of hydrogen-bond acceptors (Lipinski definition) is 2. The first-order valence-electron chi connectivity index (χ1n) is 11.6. The van der Waals surface area contributed by atoms with Gasteiger partial charge in [-0.25, -0.2) is 0 Å². The molecule has 0 bridgehead atoms. The lowest BCUT2D eigenvalue weighted by molar-refractivity contribution is 0.306. The number of allylic oxidation sites excluding steroid dienone is 1. The summed E-state index contributed by atoms with van der Waals surface area (Å²) in [6, 6.07) is 37.5. The third kappa shape index (κ3) is 6.09. The summed E-state index contributed by atoms with van der Waals surface area (Å²) in [5, 5.41) is 0. The smallest absolute Gasteiger partial charge is 0.119 e. The van der Waals surface area contributed by atoms with E-state index in [-0.39, 0.29) is 0 Å². The van der Waals surface area contributed by atoms with Crippen LogP contribution in [0.15, 0.2) is 109 Å². The highest BCUT2D eigenvalue weighted by molar-refractivity contribution is 6.18. The molecule has 0 amide bonds. The average Bonchev–Trinajstić information content (AvgIpc) is 2.91. The van der Waals surface area contributed by atoms with Crippen molar-refractivity contribution in [3.8, 4) is 11.5 Å². The summed E-state index contributed by atoms with van der Waals surface area (Å²) in [5.74, 6) is 2.15. The third-order valence-electron chi connectivity index (χ3n) is 5.66. The van der Waals surface area contributed by atoms with E-state index in [1.165, 1.54) is 16.7 Å². The fourth-order valence-electron chi connectivity index (χ4n) is 4.01. The van der Waals surface area contributed by atoms with Gasteiger partial charge in [0.05, 0.1) is 5.88 Å². The molecule has 0 aromatic heterocycles. The van der Waals surface area contributed by atoms with Crippen LogP contribution in [0.3, 0.4) is 0 Å². The van der Waals surface area contributed by atoms with Crippen molar-refractivity contribution in [1.82, 2.24) is 0 Å². The Morgan fingerprint density at radius 2 is 1.15 bits per heavy atom. The first-order chi connectivity index (χ1) is 16.8. The van der Waals surface area contributed by atoms with Crippen molar-refractivity contribution in [1.29, 1.82) is 0 Å². The van der Waals surface area contributed by atoms with Crippen LogP contribution in [0.2, 0.25) is 0 Å². The molecule has 0 unspecified atom stereocenters. The molecule has 0 aliphatic heterocycles. The van der Waals surface area contributed by atoms with Crippen molar-refractivity contribution in [2.24, 2.45) is 0 Å². The maximum Gasteiger partial charge on any atom is 0.119 e. The lowest BCUT2D eigenvalue weighted by atomic mass is 9.88. The first-order valence-corrected chi connectivity index (χ1v) is 12.2. The molecule has 0 radical (unpaired) electrons. The summed E-state index contributed by atoms with van der Waals surface area (Å²) in [4.78, 5) is 0. The molecule has 0 aliphatic rings. The second-order valence-electron chi connectivity index (χ2n) is 7.93. The van der Waals surface area contributed by atoms with E-state index in [0.29, 0.717) is 19.1 Å². The van der Waals surface area contributed by atoms with Crippen LogP contribution < -0.4 is 9.47 Å². The van der Waals surface area contributed by atoms with E-state index >= 15 is 0 Å². The molecule has 0 fully saturated rings. The number of rotatable bonds is 10. The van der Waals surface area contributed by atoms with Crippen LogP contribution in [-0.2, 0) is 6.61 Å². The van der Waals surface area contributed by atoms with Gasteiger partial charge < -0.3 is 9.47 Å². The molecule has 0 atom stereocenters. The predicted molar refractivity (Wildman–Crippen MR) is 143 cm³/mol. The van der Waals surface area contributed by atoms with Crippen LogP contribution in [0.25, 0.3) is 11.1 Å². The molecule has 0 spiro atoms. The van der Waals surface area contributed by atoms with Gasteiger partial charge in [-0.15, -0.1) is 11.6 Å². The van der Waals surface area contributed by atoms with Gasteiger partial charge in [0, 0.05) is 0 Å². The highest BCUT2D eigenvalue weighted by Gasteiger charge is 2.13. The third-order valence-corrected chi connectivity index (χ3v) is 5.81. The number of alkyl halides is 1. The Bertz CT molecular complexity index is 1180. The Labute approximate surface area is 207 Å². The molecule has 0 saturated carbocycles. The Morgan fingerprint density at radius 3 is 1.68 bits per heavy atom. The highest BCUT2D eigenvalue weighted by atomic mass is 35.5. The minimum Gasteiger partial charge on any atom is -0.492 e. The van der Waals surface area contributed by atoms with E-state index in [2.05, 4.69) is 85.8 Å². The molecule has 4 aromatic rings. The normalized spacial score (nSPS) is 11.6. The van der Waals surface area contributed by atoms with Crippen molar-refractivity contribution in [2.75, 3.05) is 12.5 Å². The molecular weight excluding hydrogens is 440 g/mol. The zero-order valence-corrected chi connectivity index (χ0v) is 20.2. The van der Waals surface area contributed by atoms with E-state index in [0.717, 1.165) is 34.6 Å². The SMILES string of the molecule is CC/C(=C(/c1ccc(OCCCl)cc1)c1ccc(OCc2ccccc2)cc1)c1ccccc1. The van der Waals surface area contributed by atoms with Gasteiger partial charge >= 0.3 is 0 Å². The first kappa shape index (κ1) is 23.7. The van der Waals surface area contributed by atoms with Crippen molar-refractivity contribution in [3.05, 3.63) is 131 Å². The Hall–Kier alpha value is -3.49. The molecule has 172 valence electrons. The van der Waals surface area contributed by atoms with Crippen LogP contribution in [0.4, 0.5) is 0 Å². The van der Waals surface area contributed by atoms with Crippen molar-refractivity contribution < 1.29 is 9.47 Å². The topological polar surface area (TPSA) is 18.5 Å². The minimum atomic E-state index is 0.472. The van der Waals surface area contributed by atoms with Gasteiger partial charge in [0.2, 0.25) is 0 Å². The van der Waals surface area contributed by atoms with Gasteiger partial charge in [0.15, 0.2) is 0 Å². The van der Waals surface area contributed by atoms with Crippen molar-refractivity contribution in [3.63, 3.8) is 0 Å². The fourth-order valence-corrected chi connectivity index (χ4v) is 4.09. The van der Waals surface area contributed by atoms with Gasteiger partial charge in [-0.05, 0) is 64.1 Å². The van der Waals surface area contributed by atoms with Gasteiger partial charge in [0.1, 0.15) is 24.7 Å². The molecule has 3 heteroatoms. The number of hydrogen-bond donors (Lipinski definition) is 0. The van der Waals surface area contributed by atoms with Gasteiger partial charge in [-0.3, -0.25) is 0 Å². The second kappa shape index (κ2) is 12.1. The molecule has 0 N–H and O–H groups in total. The molecule has 0 heterocycles. The number of halogens is 1. The summed E-state index contributed by atoms with van der Waals surface area (Å²) in [6.45, 7) is 3.26. The van der Waals surface area contributed by atoms with Crippen LogP contribution in [0, 0.1) is 0 Å². The summed E-state index contributed by atoms with van der Waals surface area (Å²) in [5.41, 5.74) is 7.20. The monoisotopic (exact) mass is 468 g/mol. The van der Waals surface area contributed by atoms with Crippen LogP contribution >= 0.6 is 11.6 Å². The van der Waals surface area contributed by atoms with Crippen molar-refractivity contribution in [2.45, 2.75) is 20.0 Å². The van der Waals surface area contributed by atoms with Gasteiger partial charge in [-0.1, -0.05) is 91.9 Å². The largest absolute Gasteiger partial charge is 0.492 e. The van der Waals surface area contributed by atoms with Crippen LogP contribution in [0.1, 0.15) is 35.6 Å². The van der Waals surface area contributed by atoms with E-state index < -0.39 is 0 Å². The van der Waals surface area contributed by atoms with Gasteiger partial charge in [0.25, 0.3) is 0 Å². The summed E-state index contributed by atoms with van der Waals surface area (Å²) >= 11 is 5.77. The van der Waals surface area contributed by atoms with E-state index in [9.17, 15) is 0 Å². The highest BCUT2D eigenvalue weighted by Crippen LogP contribution is 2.35. The molecule has 4 aromatic carbocycles. The summed E-state index contributed by atoms with van der Waals surface area (Å²) < 4.78 is 11.7. The molecule has 0 saturated heterocycles. The maximum atomic E-state index is 6.01.